The van der Waals surface area contributed by atoms with Crippen LogP contribution in [0.2, 0.25) is 0 Å². The highest BCUT2D eigenvalue weighted by Gasteiger charge is 2.44. The van der Waals surface area contributed by atoms with E-state index < -0.39 is 0 Å². The van der Waals surface area contributed by atoms with Gasteiger partial charge in [0.25, 0.3) is 0 Å². The minimum absolute atomic E-state index is 0.498. The zero-order valence-electron chi connectivity index (χ0n) is 10.4. The molecule has 1 N–H and O–H groups in total. The molecule has 1 aromatic carbocycles. The first kappa shape index (κ1) is 11.5. The lowest BCUT2D eigenvalue weighted by Gasteiger charge is -2.08. The maximum atomic E-state index is 5.48. The molecule has 0 heterocycles. The highest BCUT2D eigenvalue weighted by molar-refractivity contribution is 5.28. The van der Waals surface area contributed by atoms with Crippen LogP contribution in [0.5, 0.6) is 5.75 Å². The average molecular weight is 219 g/mol. The van der Waals surface area contributed by atoms with E-state index >= 15 is 0 Å². The van der Waals surface area contributed by atoms with E-state index in [4.69, 9.17) is 4.74 Å². The highest BCUT2D eigenvalue weighted by atomic mass is 16.5. The minimum Gasteiger partial charge on any atom is -0.494 e. The van der Waals surface area contributed by atoms with Gasteiger partial charge in [-0.05, 0) is 36.5 Å². The molecule has 1 atom stereocenters. The zero-order valence-corrected chi connectivity index (χ0v) is 10.4. The fourth-order valence-corrected chi connectivity index (χ4v) is 1.97. The summed E-state index contributed by atoms with van der Waals surface area (Å²) in [7, 11) is 0. The van der Waals surface area contributed by atoms with E-state index in [1.165, 1.54) is 12.0 Å². The molecule has 1 unspecified atom stereocenters. The molecule has 1 saturated carbocycles. The van der Waals surface area contributed by atoms with Crippen molar-refractivity contribution in [2.75, 3.05) is 6.61 Å². The van der Waals surface area contributed by atoms with Crippen molar-refractivity contribution in [3.05, 3.63) is 29.8 Å². The Morgan fingerprint density at radius 3 is 2.81 bits per heavy atom. The Labute approximate surface area is 98.0 Å². The van der Waals surface area contributed by atoms with E-state index in [1.54, 1.807) is 0 Å². The molecule has 1 aromatic rings. The number of hydrogen-bond donors (Lipinski definition) is 1. The zero-order chi connectivity index (χ0) is 11.6. The Morgan fingerprint density at radius 2 is 2.19 bits per heavy atom. The molecule has 0 bridgehead atoms. The third-order valence-electron chi connectivity index (χ3n) is 3.28. The molecule has 0 spiro atoms. The Hall–Kier alpha value is -1.02. The Kier molecular flexibility index (Phi) is 3.20. The van der Waals surface area contributed by atoms with Crippen molar-refractivity contribution in [3.63, 3.8) is 0 Å². The maximum absolute atomic E-state index is 5.48. The van der Waals surface area contributed by atoms with Crippen molar-refractivity contribution in [3.8, 4) is 5.75 Å². The largest absolute Gasteiger partial charge is 0.494 e. The van der Waals surface area contributed by atoms with Gasteiger partial charge in [-0.15, -0.1) is 0 Å². The predicted molar refractivity (Wildman–Crippen MR) is 66.6 cm³/mol. The number of rotatable bonds is 5. The van der Waals surface area contributed by atoms with Crippen LogP contribution in [0, 0.1) is 5.41 Å². The third kappa shape index (κ3) is 2.76. The molecule has 2 rings (SSSR count). The van der Waals surface area contributed by atoms with E-state index in [1.807, 2.05) is 13.0 Å². The number of hydrogen-bond acceptors (Lipinski definition) is 2. The van der Waals surface area contributed by atoms with Gasteiger partial charge in [-0.3, -0.25) is 0 Å². The molecule has 0 aromatic heterocycles. The van der Waals surface area contributed by atoms with E-state index in [2.05, 4.69) is 37.4 Å². The van der Waals surface area contributed by atoms with Crippen LogP contribution in [-0.4, -0.2) is 12.6 Å². The molecule has 0 aliphatic heterocycles. The topological polar surface area (TPSA) is 21.3 Å². The molecular formula is C14H21NO. The molecular weight excluding hydrogens is 198 g/mol. The monoisotopic (exact) mass is 219 g/mol. The summed E-state index contributed by atoms with van der Waals surface area (Å²) in [5.41, 5.74) is 1.80. The van der Waals surface area contributed by atoms with Crippen molar-refractivity contribution in [2.24, 2.45) is 5.41 Å². The van der Waals surface area contributed by atoms with E-state index in [9.17, 15) is 0 Å². The van der Waals surface area contributed by atoms with Gasteiger partial charge in [-0.1, -0.05) is 26.0 Å². The van der Waals surface area contributed by atoms with Gasteiger partial charge in [0.15, 0.2) is 0 Å². The van der Waals surface area contributed by atoms with Crippen molar-refractivity contribution < 1.29 is 4.74 Å². The van der Waals surface area contributed by atoms with E-state index in [-0.39, 0.29) is 0 Å². The summed E-state index contributed by atoms with van der Waals surface area (Å²) < 4.78 is 5.48. The second-order valence-electron chi connectivity index (χ2n) is 5.21. The summed E-state index contributed by atoms with van der Waals surface area (Å²) in [5, 5.41) is 3.58. The summed E-state index contributed by atoms with van der Waals surface area (Å²) >= 11 is 0. The Balaban J connectivity index is 1.87. The SMILES string of the molecule is CCOc1cccc(CNC2CC2(C)C)c1. The van der Waals surface area contributed by atoms with Crippen molar-refractivity contribution in [1.29, 1.82) is 0 Å². The fourth-order valence-electron chi connectivity index (χ4n) is 1.97. The second-order valence-corrected chi connectivity index (χ2v) is 5.21. The highest BCUT2D eigenvalue weighted by Crippen LogP contribution is 2.44. The van der Waals surface area contributed by atoms with Crippen LogP contribution in [0.15, 0.2) is 24.3 Å². The normalized spacial score (nSPS) is 21.8. The molecule has 1 fully saturated rings. The molecule has 16 heavy (non-hydrogen) atoms. The minimum atomic E-state index is 0.498. The van der Waals surface area contributed by atoms with Crippen molar-refractivity contribution in [2.45, 2.75) is 39.8 Å². The van der Waals surface area contributed by atoms with Gasteiger partial charge in [0.05, 0.1) is 6.61 Å². The van der Waals surface area contributed by atoms with Gasteiger partial charge < -0.3 is 10.1 Å². The lowest BCUT2D eigenvalue weighted by Crippen LogP contribution is -2.19. The van der Waals surface area contributed by atoms with Gasteiger partial charge in [-0.2, -0.15) is 0 Å². The average Bonchev–Trinajstić information content (AvgIpc) is 2.85. The van der Waals surface area contributed by atoms with Crippen LogP contribution in [0.1, 0.15) is 32.8 Å². The first-order valence-electron chi connectivity index (χ1n) is 6.07. The predicted octanol–water partition coefficient (Wildman–Crippen LogP) is 2.97. The van der Waals surface area contributed by atoms with Gasteiger partial charge in [-0.25, -0.2) is 0 Å². The maximum Gasteiger partial charge on any atom is 0.119 e. The fraction of sp³-hybridized carbons (Fsp3) is 0.571. The van der Waals surface area contributed by atoms with Crippen LogP contribution in [0.25, 0.3) is 0 Å². The number of ether oxygens (including phenoxy) is 1. The quantitative estimate of drug-likeness (QED) is 0.822. The van der Waals surface area contributed by atoms with Crippen LogP contribution in [0.4, 0.5) is 0 Å². The van der Waals surface area contributed by atoms with Crippen LogP contribution < -0.4 is 10.1 Å². The molecule has 0 radical (unpaired) electrons. The third-order valence-corrected chi connectivity index (χ3v) is 3.28. The van der Waals surface area contributed by atoms with Crippen molar-refractivity contribution >= 4 is 0 Å². The van der Waals surface area contributed by atoms with Crippen LogP contribution in [-0.2, 0) is 6.54 Å². The molecule has 88 valence electrons. The van der Waals surface area contributed by atoms with Gasteiger partial charge in [0.2, 0.25) is 0 Å². The molecule has 1 aliphatic carbocycles. The molecule has 0 saturated heterocycles. The second kappa shape index (κ2) is 4.46. The van der Waals surface area contributed by atoms with E-state index in [0.29, 0.717) is 11.5 Å². The summed E-state index contributed by atoms with van der Waals surface area (Å²) in [4.78, 5) is 0. The van der Waals surface area contributed by atoms with Crippen molar-refractivity contribution in [1.82, 2.24) is 5.32 Å². The summed E-state index contributed by atoms with van der Waals surface area (Å²) in [6.07, 6.45) is 1.29. The van der Waals surface area contributed by atoms with Crippen LogP contribution >= 0.6 is 0 Å². The first-order valence-corrected chi connectivity index (χ1v) is 6.07. The van der Waals surface area contributed by atoms with Crippen LogP contribution in [0.3, 0.4) is 0 Å². The van der Waals surface area contributed by atoms with Gasteiger partial charge >= 0.3 is 0 Å². The summed E-state index contributed by atoms with van der Waals surface area (Å²) in [6, 6.07) is 9.01. The van der Waals surface area contributed by atoms with Gasteiger partial charge in [0.1, 0.15) is 5.75 Å². The smallest absolute Gasteiger partial charge is 0.119 e. The summed E-state index contributed by atoms with van der Waals surface area (Å²) in [5.74, 6) is 0.969. The summed E-state index contributed by atoms with van der Waals surface area (Å²) in [6.45, 7) is 8.29. The molecule has 2 nitrogen and oxygen atoms in total. The Morgan fingerprint density at radius 1 is 1.44 bits per heavy atom. The van der Waals surface area contributed by atoms with E-state index in [0.717, 1.165) is 18.9 Å². The number of benzene rings is 1. The standard InChI is InChI=1S/C14H21NO/c1-4-16-12-7-5-6-11(8-12)10-15-13-9-14(13,2)3/h5-8,13,15H,4,9-10H2,1-3H3. The van der Waals surface area contributed by atoms with Gasteiger partial charge in [0, 0.05) is 12.6 Å². The lowest BCUT2D eigenvalue weighted by molar-refractivity contribution is 0.340. The first-order chi connectivity index (χ1) is 7.62. The molecule has 0 amide bonds. The molecule has 2 heteroatoms. The Bertz CT molecular complexity index is 360. The molecule has 1 aliphatic rings. The number of nitrogens with one attached hydrogen (secondary N) is 1. The lowest BCUT2D eigenvalue weighted by atomic mass is 10.1.